The SMILES string of the molecule is CC1(C)CC(=O)CN1c1ccccc1C#N. The Morgan fingerprint density at radius 1 is 1.38 bits per heavy atom. The van der Waals surface area contributed by atoms with Crippen molar-refractivity contribution in [3.63, 3.8) is 0 Å². The average molecular weight is 214 g/mol. The molecule has 82 valence electrons. The fourth-order valence-electron chi connectivity index (χ4n) is 2.24. The Bertz CT molecular complexity index is 471. The molecular weight excluding hydrogens is 200 g/mol. The zero-order valence-electron chi connectivity index (χ0n) is 9.53. The molecule has 1 heterocycles. The maximum absolute atomic E-state index is 11.5. The molecule has 0 spiro atoms. The topological polar surface area (TPSA) is 44.1 Å². The van der Waals surface area contributed by atoms with Crippen LogP contribution in [0.4, 0.5) is 5.69 Å². The second-order valence-corrected chi connectivity index (χ2v) is 4.74. The number of benzene rings is 1. The van der Waals surface area contributed by atoms with Crippen molar-refractivity contribution < 1.29 is 4.79 Å². The molecule has 0 aromatic heterocycles. The van der Waals surface area contributed by atoms with E-state index in [0.717, 1.165) is 5.69 Å². The number of carbonyl (C=O) groups excluding carboxylic acids is 1. The molecule has 1 aliphatic heterocycles. The lowest BCUT2D eigenvalue weighted by molar-refractivity contribution is -0.116. The highest BCUT2D eigenvalue weighted by Gasteiger charge is 2.38. The van der Waals surface area contributed by atoms with Crippen LogP contribution < -0.4 is 4.90 Å². The first-order valence-corrected chi connectivity index (χ1v) is 5.33. The number of carbonyl (C=O) groups is 1. The van der Waals surface area contributed by atoms with Gasteiger partial charge in [0.2, 0.25) is 0 Å². The lowest BCUT2D eigenvalue weighted by Crippen LogP contribution is -2.38. The number of hydrogen-bond donors (Lipinski definition) is 0. The third-order valence-electron chi connectivity index (χ3n) is 3.01. The molecule has 0 atom stereocenters. The van der Waals surface area contributed by atoms with Crippen LogP contribution in [0, 0.1) is 11.3 Å². The summed E-state index contributed by atoms with van der Waals surface area (Å²) in [5, 5.41) is 9.05. The van der Waals surface area contributed by atoms with Crippen LogP contribution >= 0.6 is 0 Å². The number of nitriles is 1. The first-order valence-electron chi connectivity index (χ1n) is 5.33. The van der Waals surface area contributed by atoms with Gasteiger partial charge in [0.1, 0.15) is 6.07 Å². The van der Waals surface area contributed by atoms with Crippen molar-refractivity contribution in [3.05, 3.63) is 29.8 Å². The normalized spacial score (nSPS) is 18.6. The molecule has 1 fully saturated rings. The van der Waals surface area contributed by atoms with Gasteiger partial charge in [-0.2, -0.15) is 5.26 Å². The second kappa shape index (κ2) is 3.64. The summed E-state index contributed by atoms with van der Waals surface area (Å²) >= 11 is 0. The lowest BCUT2D eigenvalue weighted by Gasteiger charge is -2.33. The Kier molecular flexibility index (Phi) is 2.43. The maximum Gasteiger partial charge on any atom is 0.154 e. The zero-order valence-corrected chi connectivity index (χ0v) is 9.53. The molecule has 16 heavy (non-hydrogen) atoms. The molecule has 1 aliphatic rings. The van der Waals surface area contributed by atoms with Crippen molar-refractivity contribution in [3.8, 4) is 6.07 Å². The van der Waals surface area contributed by atoms with Gasteiger partial charge in [-0.05, 0) is 26.0 Å². The molecule has 0 bridgehead atoms. The maximum atomic E-state index is 11.5. The molecule has 3 heteroatoms. The van der Waals surface area contributed by atoms with Crippen molar-refractivity contribution in [1.29, 1.82) is 5.26 Å². The van der Waals surface area contributed by atoms with E-state index in [2.05, 4.69) is 6.07 Å². The molecule has 3 nitrogen and oxygen atoms in total. The summed E-state index contributed by atoms with van der Waals surface area (Å²) in [5.74, 6) is 0.234. The predicted octanol–water partition coefficient (Wildman–Crippen LogP) is 2.12. The highest BCUT2D eigenvalue weighted by atomic mass is 16.1. The van der Waals surface area contributed by atoms with E-state index >= 15 is 0 Å². The second-order valence-electron chi connectivity index (χ2n) is 4.74. The van der Waals surface area contributed by atoms with Gasteiger partial charge in [0.15, 0.2) is 5.78 Å². The average Bonchev–Trinajstić information content (AvgIpc) is 2.51. The molecule has 0 radical (unpaired) electrons. The number of nitrogens with zero attached hydrogens (tertiary/aromatic N) is 2. The van der Waals surface area contributed by atoms with Crippen LogP contribution in [0.25, 0.3) is 0 Å². The molecule has 1 saturated heterocycles. The van der Waals surface area contributed by atoms with Crippen molar-refractivity contribution in [2.45, 2.75) is 25.8 Å². The molecule has 0 amide bonds. The third-order valence-corrected chi connectivity index (χ3v) is 3.01. The molecule has 0 saturated carbocycles. The molecular formula is C13H14N2O. The van der Waals surface area contributed by atoms with Gasteiger partial charge in [-0.25, -0.2) is 0 Å². The minimum atomic E-state index is -0.190. The monoisotopic (exact) mass is 214 g/mol. The first-order chi connectivity index (χ1) is 7.54. The van der Waals surface area contributed by atoms with Crippen molar-refractivity contribution in [1.82, 2.24) is 0 Å². The van der Waals surface area contributed by atoms with E-state index < -0.39 is 0 Å². The number of ketones is 1. The number of rotatable bonds is 1. The van der Waals surface area contributed by atoms with E-state index in [1.165, 1.54) is 0 Å². The van der Waals surface area contributed by atoms with Crippen LogP contribution in [0.2, 0.25) is 0 Å². The van der Waals surface area contributed by atoms with E-state index in [0.29, 0.717) is 18.5 Å². The fourth-order valence-corrected chi connectivity index (χ4v) is 2.24. The van der Waals surface area contributed by atoms with Gasteiger partial charge in [0.05, 0.1) is 17.8 Å². The quantitative estimate of drug-likeness (QED) is 0.719. The van der Waals surface area contributed by atoms with E-state index in [4.69, 9.17) is 5.26 Å². The van der Waals surface area contributed by atoms with Gasteiger partial charge in [-0.3, -0.25) is 4.79 Å². The third kappa shape index (κ3) is 1.67. The summed E-state index contributed by atoms with van der Waals surface area (Å²) in [6, 6.07) is 9.60. The standard InChI is InChI=1S/C13H14N2O/c1-13(2)7-11(16)9-15(13)12-6-4-3-5-10(12)8-14/h3-6H,7,9H2,1-2H3. The molecule has 0 aliphatic carbocycles. The number of Topliss-reactive ketones (excluding diaryl/α,β-unsaturated/α-hetero) is 1. The van der Waals surface area contributed by atoms with Gasteiger partial charge < -0.3 is 4.90 Å². The summed E-state index contributed by atoms with van der Waals surface area (Å²) in [6.07, 6.45) is 0.548. The van der Waals surface area contributed by atoms with Crippen molar-refractivity contribution in [2.24, 2.45) is 0 Å². The minimum Gasteiger partial charge on any atom is -0.358 e. The number of para-hydroxylation sites is 1. The van der Waals surface area contributed by atoms with Crippen LogP contribution in [0.1, 0.15) is 25.8 Å². The Hall–Kier alpha value is -1.82. The Morgan fingerprint density at radius 3 is 2.62 bits per heavy atom. The van der Waals surface area contributed by atoms with E-state index in [1.807, 2.05) is 36.9 Å². The van der Waals surface area contributed by atoms with Crippen molar-refractivity contribution >= 4 is 11.5 Å². The number of anilines is 1. The minimum absolute atomic E-state index is 0.190. The summed E-state index contributed by atoms with van der Waals surface area (Å²) in [5.41, 5.74) is 1.30. The summed E-state index contributed by atoms with van der Waals surface area (Å²) in [4.78, 5) is 13.5. The smallest absolute Gasteiger partial charge is 0.154 e. The van der Waals surface area contributed by atoms with Gasteiger partial charge >= 0.3 is 0 Å². The molecule has 1 aromatic rings. The van der Waals surface area contributed by atoms with Crippen LogP contribution in [0.5, 0.6) is 0 Å². The van der Waals surface area contributed by atoms with Crippen LogP contribution in [0.15, 0.2) is 24.3 Å². The summed E-state index contributed by atoms with van der Waals surface area (Å²) < 4.78 is 0. The van der Waals surface area contributed by atoms with E-state index in [1.54, 1.807) is 6.07 Å². The molecule has 0 unspecified atom stereocenters. The van der Waals surface area contributed by atoms with Crippen LogP contribution in [-0.2, 0) is 4.79 Å². The van der Waals surface area contributed by atoms with Gasteiger partial charge in [0, 0.05) is 12.0 Å². The van der Waals surface area contributed by atoms with Gasteiger partial charge in [-0.15, -0.1) is 0 Å². The van der Waals surface area contributed by atoms with Crippen molar-refractivity contribution in [2.75, 3.05) is 11.4 Å². The van der Waals surface area contributed by atoms with Gasteiger partial charge in [-0.1, -0.05) is 12.1 Å². The van der Waals surface area contributed by atoms with Gasteiger partial charge in [0.25, 0.3) is 0 Å². The van der Waals surface area contributed by atoms with Crippen LogP contribution in [-0.4, -0.2) is 17.9 Å². The largest absolute Gasteiger partial charge is 0.358 e. The summed E-state index contributed by atoms with van der Waals surface area (Å²) in [7, 11) is 0. The molecule has 2 rings (SSSR count). The van der Waals surface area contributed by atoms with Crippen LogP contribution in [0.3, 0.4) is 0 Å². The Balaban J connectivity index is 2.46. The molecule has 1 aromatic carbocycles. The summed E-state index contributed by atoms with van der Waals surface area (Å²) in [6.45, 7) is 4.48. The fraction of sp³-hybridized carbons (Fsp3) is 0.385. The highest BCUT2D eigenvalue weighted by Crippen LogP contribution is 2.33. The first kappa shape index (κ1) is 10.7. The van der Waals surface area contributed by atoms with E-state index in [-0.39, 0.29) is 11.3 Å². The molecule has 0 N–H and O–H groups in total. The van der Waals surface area contributed by atoms with E-state index in [9.17, 15) is 4.79 Å². The Morgan fingerprint density at radius 2 is 2.06 bits per heavy atom. The number of hydrogen-bond acceptors (Lipinski definition) is 3. The highest BCUT2D eigenvalue weighted by molar-refractivity contribution is 5.89. The predicted molar refractivity (Wildman–Crippen MR) is 62.2 cm³/mol. The lowest BCUT2D eigenvalue weighted by atomic mass is 10.0. The zero-order chi connectivity index (χ0) is 11.8. The Labute approximate surface area is 95.3 Å².